The summed E-state index contributed by atoms with van der Waals surface area (Å²) < 4.78 is 1.98. The summed E-state index contributed by atoms with van der Waals surface area (Å²) in [6.45, 7) is 5.68. The van der Waals surface area contributed by atoms with Gasteiger partial charge in [-0.15, -0.1) is 0 Å². The number of imidazole rings is 1. The Hall–Kier alpha value is -1.77. The van der Waals surface area contributed by atoms with E-state index in [0.717, 1.165) is 12.2 Å². The molecule has 0 atom stereocenters. The monoisotopic (exact) mass is 241 g/mol. The standard InChI is InChI=1S/C15H19N3/c1-15(2)9-18(4)14-7-11(5-6-12(14)15)13-8-17(3)10-16-13/h5-8,10H,9H2,1-4H3. The Kier molecular flexibility index (Phi) is 2.27. The number of aryl methyl sites for hydroxylation is 1. The van der Waals surface area contributed by atoms with E-state index >= 15 is 0 Å². The van der Waals surface area contributed by atoms with Crippen LogP contribution in [0, 0.1) is 0 Å². The van der Waals surface area contributed by atoms with Gasteiger partial charge in [0.05, 0.1) is 12.0 Å². The van der Waals surface area contributed by atoms with Gasteiger partial charge >= 0.3 is 0 Å². The van der Waals surface area contributed by atoms with Crippen molar-refractivity contribution in [3.05, 3.63) is 36.3 Å². The van der Waals surface area contributed by atoms with Crippen molar-refractivity contribution in [2.24, 2.45) is 7.05 Å². The maximum atomic E-state index is 4.42. The van der Waals surface area contributed by atoms with Crippen LogP contribution in [0.5, 0.6) is 0 Å². The predicted molar refractivity (Wildman–Crippen MR) is 74.9 cm³/mol. The summed E-state index contributed by atoms with van der Waals surface area (Å²) in [5.41, 5.74) is 5.25. The fourth-order valence-corrected chi connectivity index (χ4v) is 2.90. The Morgan fingerprint density at radius 2 is 2.00 bits per heavy atom. The van der Waals surface area contributed by atoms with Gasteiger partial charge in [-0.2, -0.15) is 0 Å². The molecular weight excluding hydrogens is 222 g/mol. The summed E-state index contributed by atoms with van der Waals surface area (Å²) in [7, 11) is 4.16. The molecule has 3 rings (SSSR count). The van der Waals surface area contributed by atoms with Crippen LogP contribution in [0.1, 0.15) is 19.4 Å². The van der Waals surface area contributed by atoms with E-state index in [0.29, 0.717) is 0 Å². The summed E-state index contributed by atoms with van der Waals surface area (Å²) in [5.74, 6) is 0. The minimum absolute atomic E-state index is 0.243. The first kappa shape index (κ1) is 11.3. The number of benzene rings is 1. The molecular formula is C15H19N3. The summed E-state index contributed by atoms with van der Waals surface area (Å²) >= 11 is 0. The van der Waals surface area contributed by atoms with Crippen LogP contribution in [0.2, 0.25) is 0 Å². The number of hydrogen-bond acceptors (Lipinski definition) is 2. The number of nitrogens with zero attached hydrogens (tertiary/aromatic N) is 3. The molecule has 1 aliphatic heterocycles. The van der Waals surface area contributed by atoms with E-state index in [2.05, 4.69) is 55.2 Å². The summed E-state index contributed by atoms with van der Waals surface area (Å²) in [6.07, 6.45) is 3.90. The molecule has 1 aromatic carbocycles. The van der Waals surface area contributed by atoms with E-state index in [1.807, 2.05) is 17.9 Å². The lowest BCUT2D eigenvalue weighted by Crippen LogP contribution is -2.24. The molecule has 0 aliphatic carbocycles. The quantitative estimate of drug-likeness (QED) is 0.765. The summed E-state index contributed by atoms with van der Waals surface area (Å²) in [6, 6.07) is 6.69. The SMILES string of the molecule is CN1CC(C)(C)c2ccc(-c3cn(C)cn3)cc21. The van der Waals surface area contributed by atoms with Crippen LogP contribution < -0.4 is 4.90 Å². The highest BCUT2D eigenvalue weighted by atomic mass is 15.1. The van der Waals surface area contributed by atoms with Crippen LogP contribution >= 0.6 is 0 Å². The lowest BCUT2D eigenvalue weighted by Gasteiger charge is -2.18. The normalized spacial score (nSPS) is 17.0. The molecule has 0 amide bonds. The molecule has 0 N–H and O–H groups in total. The fourth-order valence-electron chi connectivity index (χ4n) is 2.90. The van der Waals surface area contributed by atoms with Gasteiger partial charge in [-0.25, -0.2) is 4.98 Å². The average Bonchev–Trinajstić information content (AvgIpc) is 2.82. The van der Waals surface area contributed by atoms with Gasteiger partial charge in [0.15, 0.2) is 0 Å². The van der Waals surface area contributed by atoms with Gasteiger partial charge in [-0.05, 0) is 11.6 Å². The number of hydrogen-bond donors (Lipinski definition) is 0. The number of fused-ring (bicyclic) bond motifs is 1. The summed E-state index contributed by atoms with van der Waals surface area (Å²) in [5, 5.41) is 0. The molecule has 2 heterocycles. The topological polar surface area (TPSA) is 21.1 Å². The highest BCUT2D eigenvalue weighted by Gasteiger charge is 2.33. The van der Waals surface area contributed by atoms with Gasteiger partial charge in [0, 0.05) is 43.5 Å². The van der Waals surface area contributed by atoms with Crippen molar-refractivity contribution in [3.8, 4) is 11.3 Å². The lowest BCUT2D eigenvalue weighted by molar-refractivity contribution is 0.563. The van der Waals surface area contributed by atoms with Crippen molar-refractivity contribution in [3.63, 3.8) is 0 Å². The minimum Gasteiger partial charge on any atom is -0.373 e. The maximum Gasteiger partial charge on any atom is 0.0951 e. The summed E-state index contributed by atoms with van der Waals surface area (Å²) in [4.78, 5) is 6.75. The minimum atomic E-state index is 0.243. The van der Waals surface area contributed by atoms with Gasteiger partial charge in [-0.1, -0.05) is 26.0 Å². The molecule has 0 saturated heterocycles. The third-order valence-electron chi connectivity index (χ3n) is 3.77. The van der Waals surface area contributed by atoms with Crippen molar-refractivity contribution >= 4 is 5.69 Å². The van der Waals surface area contributed by atoms with Gasteiger partial charge in [0.25, 0.3) is 0 Å². The van der Waals surface area contributed by atoms with E-state index in [9.17, 15) is 0 Å². The van der Waals surface area contributed by atoms with Gasteiger partial charge < -0.3 is 9.47 Å². The zero-order valence-electron chi connectivity index (χ0n) is 11.4. The molecule has 1 aromatic heterocycles. The van der Waals surface area contributed by atoms with Crippen molar-refractivity contribution in [2.75, 3.05) is 18.5 Å². The molecule has 1 aliphatic rings. The molecule has 0 unspecified atom stereocenters. The molecule has 2 aromatic rings. The van der Waals surface area contributed by atoms with Crippen LogP contribution in [0.3, 0.4) is 0 Å². The number of likely N-dealkylation sites (N-methyl/N-ethyl adjacent to an activating group) is 1. The highest BCUT2D eigenvalue weighted by molar-refractivity contribution is 5.71. The zero-order valence-corrected chi connectivity index (χ0v) is 11.4. The highest BCUT2D eigenvalue weighted by Crippen LogP contribution is 2.41. The Bertz CT molecular complexity index is 596. The molecule has 3 nitrogen and oxygen atoms in total. The van der Waals surface area contributed by atoms with E-state index in [1.165, 1.54) is 16.8 Å². The van der Waals surface area contributed by atoms with E-state index in [4.69, 9.17) is 0 Å². The van der Waals surface area contributed by atoms with E-state index in [-0.39, 0.29) is 5.41 Å². The molecule has 94 valence electrons. The molecule has 3 heteroatoms. The van der Waals surface area contributed by atoms with Gasteiger partial charge in [0.2, 0.25) is 0 Å². The zero-order chi connectivity index (χ0) is 12.9. The largest absolute Gasteiger partial charge is 0.373 e. The van der Waals surface area contributed by atoms with Crippen molar-refractivity contribution < 1.29 is 0 Å². The average molecular weight is 241 g/mol. The van der Waals surface area contributed by atoms with Crippen LogP contribution in [-0.2, 0) is 12.5 Å². The molecule has 0 bridgehead atoms. The smallest absolute Gasteiger partial charge is 0.0951 e. The second-order valence-corrected chi connectivity index (χ2v) is 5.90. The number of anilines is 1. The Labute approximate surface area is 108 Å². The Morgan fingerprint density at radius 3 is 2.67 bits per heavy atom. The van der Waals surface area contributed by atoms with Crippen LogP contribution in [-0.4, -0.2) is 23.1 Å². The van der Waals surface area contributed by atoms with Gasteiger partial charge in [-0.3, -0.25) is 0 Å². The third kappa shape index (κ3) is 1.62. The molecule has 0 saturated carbocycles. The number of aromatic nitrogens is 2. The van der Waals surface area contributed by atoms with Crippen LogP contribution in [0.4, 0.5) is 5.69 Å². The molecule has 18 heavy (non-hydrogen) atoms. The van der Waals surface area contributed by atoms with E-state index in [1.54, 1.807) is 0 Å². The van der Waals surface area contributed by atoms with Gasteiger partial charge in [0.1, 0.15) is 0 Å². The first-order chi connectivity index (χ1) is 8.47. The Morgan fingerprint density at radius 1 is 1.22 bits per heavy atom. The van der Waals surface area contributed by atoms with Crippen molar-refractivity contribution in [2.45, 2.75) is 19.3 Å². The van der Waals surface area contributed by atoms with Crippen molar-refractivity contribution in [1.29, 1.82) is 0 Å². The maximum absolute atomic E-state index is 4.42. The molecule has 0 spiro atoms. The van der Waals surface area contributed by atoms with Crippen molar-refractivity contribution in [1.82, 2.24) is 9.55 Å². The second kappa shape index (κ2) is 3.61. The first-order valence-corrected chi connectivity index (χ1v) is 6.31. The Balaban J connectivity index is 2.10. The molecule has 0 radical (unpaired) electrons. The van der Waals surface area contributed by atoms with E-state index < -0.39 is 0 Å². The third-order valence-corrected chi connectivity index (χ3v) is 3.77. The lowest BCUT2D eigenvalue weighted by atomic mass is 9.86. The second-order valence-electron chi connectivity index (χ2n) is 5.90. The van der Waals surface area contributed by atoms with Crippen LogP contribution in [0.25, 0.3) is 11.3 Å². The fraction of sp³-hybridized carbons (Fsp3) is 0.400. The van der Waals surface area contributed by atoms with Crippen LogP contribution in [0.15, 0.2) is 30.7 Å². The first-order valence-electron chi connectivity index (χ1n) is 6.31. The number of rotatable bonds is 1. The molecule has 0 fully saturated rings. The predicted octanol–water partition coefficient (Wildman–Crippen LogP) is 2.81.